The SMILES string of the molecule is CC[C@@H]([N+](=O)[O-])[C@@]1(O)C(=O)Nc2ccccc21. The molecule has 2 N–H and O–H groups in total. The van der Waals surface area contributed by atoms with Gasteiger partial charge in [-0.15, -0.1) is 0 Å². The molecule has 0 saturated heterocycles. The van der Waals surface area contributed by atoms with Crippen LogP contribution in [0.15, 0.2) is 24.3 Å². The van der Waals surface area contributed by atoms with Gasteiger partial charge in [-0.1, -0.05) is 25.1 Å². The fraction of sp³-hybridized carbons (Fsp3) is 0.364. The zero-order valence-corrected chi connectivity index (χ0v) is 9.21. The van der Waals surface area contributed by atoms with Gasteiger partial charge < -0.3 is 10.4 Å². The van der Waals surface area contributed by atoms with Gasteiger partial charge in [0, 0.05) is 22.6 Å². The van der Waals surface area contributed by atoms with Crippen molar-refractivity contribution in [3.63, 3.8) is 0 Å². The molecule has 6 heteroatoms. The minimum absolute atomic E-state index is 0.0747. The van der Waals surface area contributed by atoms with E-state index in [0.717, 1.165) is 0 Å². The quantitative estimate of drug-likeness (QED) is 0.602. The Morgan fingerprint density at radius 2 is 2.18 bits per heavy atom. The van der Waals surface area contributed by atoms with Gasteiger partial charge in [0.15, 0.2) is 0 Å². The maximum atomic E-state index is 11.8. The van der Waals surface area contributed by atoms with Crippen LogP contribution < -0.4 is 5.32 Å². The minimum Gasteiger partial charge on any atom is -0.370 e. The molecule has 0 aromatic heterocycles. The van der Waals surface area contributed by atoms with E-state index < -0.39 is 22.5 Å². The van der Waals surface area contributed by atoms with Gasteiger partial charge in [-0.3, -0.25) is 14.9 Å². The van der Waals surface area contributed by atoms with Crippen LogP contribution in [-0.2, 0) is 10.4 Å². The van der Waals surface area contributed by atoms with E-state index in [0.29, 0.717) is 5.69 Å². The van der Waals surface area contributed by atoms with Gasteiger partial charge in [0.25, 0.3) is 11.9 Å². The second-order valence-corrected chi connectivity index (χ2v) is 3.98. The highest BCUT2D eigenvalue weighted by Gasteiger charge is 2.56. The minimum atomic E-state index is -2.07. The molecule has 1 aromatic carbocycles. The molecule has 1 aliphatic heterocycles. The number of hydrogen-bond acceptors (Lipinski definition) is 4. The summed E-state index contributed by atoms with van der Waals surface area (Å²) in [6.45, 7) is 1.57. The summed E-state index contributed by atoms with van der Waals surface area (Å²) in [6, 6.07) is 5.12. The first-order valence-corrected chi connectivity index (χ1v) is 5.28. The number of nitro groups is 1. The number of amides is 1. The van der Waals surface area contributed by atoms with Crippen molar-refractivity contribution in [2.45, 2.75) is 25.0 Å². The largest absolute Gasteiger partial charge is 0.370 e. The number of para-hydroxylation sites is 1. The van der Waals surface area contributed by atoms with Crippen LogP contribution in [-0.4, -0.2) is 22.0 Å². The fourth-order valence-corrected chi connectivity index (χ4v) is 2.19. The van der Waals surface area contributed by atoms with Gasteiger partial charge in [-0.2, -0.15) is 0 Å². The predicted molar refractivity (Wildman–Crippen MR) is 60.0 cm³/mol. The Morgan fingerprint density at radius 3 is 2.76 bits per heavy atom. The number of carbonyl (C=O) groups is 1. The van der Waals surface area contributed by atoms with Crippen molar-refractivity contribution < 1.29 is 14.8 Å². The van der Waals surface area contributed by atoms with Crippen molar-refractivity contribution in [1.29, 1.82) is 0 Å². The molecular weight excluding hydrogens is 224 g/mol. The van der Waals surface area contributed by atoms with Crippen molar-refractivity contribution in [1.82, 2.24) is 0 Å². The van der Waals surface area contributed by atoms with Gasteiger partial charge in [0.05, 0.1) is 0 Å². The Kier molecular flexibility index (Phi) is 2.59. The normalized spacial score (nSPS) is 24.0. The van der Waals surface area contributed by atoms with E-state index in [-0.39, 0.29) is 12.0 Å². The zero-order valence-electron chi connectivity index (χ0n) is 9.21. The van der Waals surface area contributed by atoms with Crippen LogP contribution in [0.25, 0.3) is 0 Å². The first-order valence-electron chi connectivity index (χ1n) is 5.28. The monoisotopic (exact) mass is 236 g/mol. The summed E-state index contributed by atoms with van der Waals surface area (Å²) in [5.41, 5.74) is -1.37. The zero-order chi connectivity index (χ0) is 12.6. The van der Waals surface area contributed by atoms with E-state index >= 15 is 0 Å². The first-order chi connectivity index (χ1) is 8.01. The van der Waals surface area contributed by atoms with Gasteiger partial charge in [0.1, 0.15) is 0 Å². The van der Waals surface area contributed by atoms with E-state index in [2.05, 4.69) is 5.32 Å². The Bertz CT molecular complexity index is 488. The van der Waals surface area contributed by atoms with Crippen LogP contribution in [0.5, 0.6) is 0 Å². The third kappa shape index (κ3) is 1.49. The van der Waals surface area contributed by atoms with Crippen molar-refractivity contribution in [2.75, 3.05) is 5.32 Å². The van der Waals surface area contributed by atoms with Crippen LogP contribution >= 0.6 is 0 Å². The van der Waals surface area contributed by atoms with Crippen molar-refractivity contribution >= 4 is 11.6 Å². The molecular formula is C11H12N2O4. The number of hydrogen-bond donors (Lipinski definition) is 2. The number of fused-ring (bicyclic) bond motifs is 1. The summed E-state index contributed by atoms with van der Waals surface area (Å²) >= 11 is 0. The lowest BCUT2D eigenvalue weighted by Crippen LogP contribution is -2.49. The van der Waals surface area contributed by atoms with E-state index in [1.165, 1.54) is 6.07 Å². The fourth-order valence-electron chi connectivity index (χ4n) is 2.19. The lowest BCUT2D eigenvalue weighted by Gasteiger charge is -2.23. The summed E-state index contributed by atoms with van der Waals surface area (Å²) < 4.78 is 0. The highest BCUT2D eigenvalue weighted by molar-refractivity contribution is 6.05. The molecule has 0 spiro atoms. The lowest BCUT2D eigenvalue weighted by molar-refractivity contribution is -0.543. The predicted octanol–water partition coefficient (Wildman–Crippen LogP) is 0.882. The summed E-state index contributed by atoms with van der Waals surface area (Å²) in [5.74, 6) is -0.734. The third-order valence-corrected chi connectivity index (χ3v) is 3.06. The molecule has 0 unspecified atom stereocenters. The molecule has 90 valence electrons. The van der Waals surface area contributed by atoms with Gasteiger partial charge in [0.2, 0.25) is 5.60 Å². The highest BCUT2D eigenvalue weighted by atomic mass is 16.6. The number of nitrogens with zero attached hydrogens (tertiary/aromatic N) is 1. The van der Waals surface area contributed by atoms with Crippen LogP contribution in [0.4, 0.5) is 5.69 Å². The average Bonchev–Trinajstić information content (AvgIpc) is 2.53. The number of benzene rings is 1. The molecule has 0 fully saturated rings. The lowest BCUT2D eigenvalue weighted by atomic mass is 9.86. The van der Waals surface area contributed by atoms with Gasteiger partial charge in [-0.25, -0.2) is 0 Å². The number of aliphatic hydroxyl groups is 1. The number of rotatable bonds is 3. The molecule has 1 heterocycles. The molecule has 0 bridgehead atoms. The standard InChI is InChI=1S/C11H12N2O4/c1-2-9(13(16)17)11(15)7-5-3-4-6-8(7)12-10(11)14/h3-6,9,15H,2H2,1H3,(H,12,14)/t9-,11-/m1/s1. The third-order valence-electron chi connectivity index (χ3n) is 3.06. The second-order valence-electron chi connectivity index (χ2n) is 3.98. The molecule has 2 atom stereocenters. The molecule has 0 aliphatic carbocycles. The first kappa shape index (κ1) is 11.5. The molecule has 1 amide bonds. The van der Waals surface area contributed by atoms with Crippen LogP contribution in [0, 0.1) is 10.1 Å². The number of carbonyl (C=O) groups excluding carboxylic acids is 1. The molecule has 0 saturated carbocycles. The molecule has 6 nitrogen and oxygen atoms in total. The van der Waals surface area contributed by atoms with Crippen molar-refractivity contribution in [2.24, 2.45) is 0 Å². The molecule has 0 radical (unpaired) electrons. The second kappa shape index (κ2) is 3.81. The van der Waals surface area contributed by atoms with E-state index in [9.17, 15) is 20.0 Å². The summed E-state index contributed by atoms with van der Waals surface area (Å²) in [7, 11) is 0. The van der Waals surface area contributed by atoms with Gasteiger partial charge in [-0.05, 0) is 6.07 Å². The van der Waals surface area contributed by atoms with E-state index in [1.54, 1.807) is 25.1 Å². The average molecular weight is 236 g/mol. The van der Waals surface area contributed by atoms with Crippen molar-refractivity contribution in [3.05, 3.63) is 39.9 Å². The Hall–Kier alpha value is -1.95. The van der Waals surface area contributed by atoms with Crippen LogP contribution in [0.3, 0.4) is 0 Å². The number of anilines is 1. The highest BCUT2D eigenvalue weighted by Crippen LogP contribution is 2.39. The molecule has 1 aliphatic rings. The van der Waals surface area contributed by atoms with Gasteiger partial charge >= 0.3 is 0 Å². The maximum absolute atomic E-state index is 11.8. The topological polar surface area (TPSA) is 92.5 Å². The smallest absolute Gasteiger partial charge is 0.268 e. The molecule has 1 aromatic rings. The van der Waals surface area contributed by atoms with Crippen molar-refractivity contribution in [3.8, 4) is 0 Å². The van der Waals surface area contributed by atoms with E-state index in [1.807, 2.05) is 0 Å². The Balaban J connectivity index is 2.57. The molecule has 17 heavy (non-hydrogen) atoms. The summed E-state index contributed by atoms with van der Waals surface area (Å²) in [5, 5.41) is 23.8. The van der Waals surface area contributed by atoms with E-state index in [4.69, 9.17) is 0 Å². The summed E-state index contributed by atoms with van der Waals surface area (Å²) in [6.07, 6.45) is 0.0747. The summed E-state index contributed by atoms with van der Waals surface area (Å²) in [4.78, 5) is 22.1. The molecule has 2 rings (SSSR count). The Morgan fingerprint density at radius 1 is 1.53 bits per heavy atom. The van der Waals surface area contributed by atoms with Crippen LogP contribution in [0.2, 0.25) is 0 Å². The maximum Gasteiger partial charge on any atom is 0.268 e. The Labute approximate surface area is 97.4 Å². The number of nitrogens with one attached hydrogen (secondary N) is 1. The van der Waals surface area contributed by atoms with Crippen LogP contribution in [0.1, 0.15) is 18.9 Å².